The Labute approximate surface area is 116 Å². The van der Waals surface area contributed by atoms with E-state index in [0.29, 0.717) is 0 Å². The minimum absolute atomic E-state index is 0.142. The summed E-state index contributed by atoms with van der Waals surface area (Å²) >= 11 is 0. The Morgan fingerprint density at radius 2 is 1.90 bits per heavy atom. The monoisotopic (exact) mass is 304 g/mol. The van der Waals surface area contributed by atoms with E-state index in [1.165, 1.54) is 13.8 Å². The van der Waals surface area contributed by atoms with Gasteiger partial charge in [0, 0.05) is 12.1 Å². The van der Waals surface area contributed by atoms with E-state index in [4.69, 9.17) is 10.2 Å². The largest absolute Gasteiger partial charge is 0.394 e. The van der Waals surface area contributed by atoms with Gasteiger partial charge in [0.15, 0.2) is 0 Å². The zero-order valence-electron chi connectivity index (χ0n) is 11.0. The Bertz CT molecular complexity index is 609. The normalized spacial score (nSPS) is 12.4. The van der Waals surface area contributed by atoms with Gasteiger partial charge in [0.25, 0.3) is 5.69 Å². The molecular formula is C11H16N2O6S. The summed E-state index contributed by atoms with van der Waals surface area (Å²) in [7, 11) is -4.01. The van der Waals surface area contributed by atoms with E-state index in [0.717, 1.165) is 18.2 Å². The van der Waals surface area contributed by atoms with Crippen LogP contribution in [0.15, 0.2) is 23.1 Å². The van der Waals surface area contributed by atoms with Crippen LogP contribution in [0.4, 0.5) is 5.69 Å². The minimum atomic E-state index is -4.01. The SMILES string of the molecule is Cc1cc([N+](=O)[O-])ccc1S(=O)(=O)NC(C)(CO)CO. The number of aryl methyl sites for hydroxylation is 1. The van der Waals surface area contributed by atoms with Crippen molar-refractivity contribution in [3.63, 3.8) is 0 Å². The van der Waals surface area contributed by atoms with E-state index in [1.807, 2.05) is 0 Å². The maximum absolute atomic E-state index is 12.2. The molecule has 20 heavy (non-hydrogen) atoms. The summed E-state index contributed by atoms with van der Waals surface area (Å²) in [6, 6.07) is 3.34. The van der Waals surface area contributed by atoms with Gasteiger partial charge >= 0.3 is 0 Å². The maximum Gasteiger partial charge on any atom is 0.269 e. The lowest BCUT2D eigenvalue weighted by atomic mass is 10.1. The lowest BCUT2D eigenvalue weighted by molar-refractivity contribution is -0.385. The molecule has 0 radical (unpaired) electrons. The van der Waals surface area contributed by atoms with Gasteiger partial charge in [-0.1, -0.05) is 0 Å². The highest BCUT2D eigenvalue weighted by atomic mass is 32.2. The molecule has 0 atom stereocenters. The summed E-state index contributed by atoms with van der Waals surface area (Å²) < 4.78 is 26.5. The van der Waals surface area contributed by atoms with Crippen LogP contribution in [-0.2, 0) is 10.0 Å². The third-order valence-electron chi connectivity index (χ3n) is 2.74. The first kappa shape index (κ1) is 16.5. The average molecular weight is 304 g/mol. The third-order valence-corrected chi connectivity index (χ3v) is 4.54. The molecule has 1 aromatic rings. The van der Waals surface area contributed by atoms with Crippen molar-refractivity contribution in [1.82, 2.24) is 4.72 Å². The second kappa shape index (κ2) is 5.83. The second-order valence-electron chi connectivity index (χ2n) is 4.69. The second-order valence-corrected chi connectivity index (χ2v) is 6.34. The molecule has 8 nitrogen and oxygen atoms in total. The number of benzene rings is 1. The number of non-ortho nitro benzene ring substituents is 1. The van der Waals surface area contributed by atoms with Gasteiger partial charge < -0.3 is 10.2 Å². The summed E-state index contributed by atoms with van der Waals surface area (Å²) in [6.07, 6.45) is 0. The molecule has 1 rings (SSSR count). The fraction of sp³-hybridized carbons (Fsp3) is 0.455. The van der Waals surface area contributed by atoms with Gasteiger partial charge in [0.2, 0.25) is 10.0 Å². The fourth-order valence-corrected chi connectivity index (χ4v) is 3.16. The van der Waals surface area contributed by atoms with Crippen LogP contribution in [0.3, 0.4) is 0 Å². The third kappa shape index (κ3) is 3.51. The van der Waals surface area contributed by atoms with Gasteiger partial charge in [0.1, 0.15) is 0 Å². The molecule has 0 amide bonds. The van der Waals surface area contributed by atoms with Gasteiger partial charge in [-0.3, -0.25) is 10.1 Å². The number of hydrogen-bond acceptors (Lipinski definition) is 6. The highest BCUT2D eigenvalue weighted by molar-refractivity contribution is 7.89. The number of nitrogens with one attached hydrogen (secondary N) is 1. The number of hydrogen-bond donors (Lipinski definition) is 3. The summed E-state index contributed by atoms with van der Waals surface area (Å²) in [6.45, 7) is 1.59. The molecule has 1 aromatic carbocycles. The van der Waals surface area contributed by atoms with Crippen molar-refractivity contribution in [3.05, 3.63) is 33.9 Å². The Hall–Kier alpha value is -1.55. The number of nitrogens with zero attached hydrogens (tertiary/aromatic N) is 1. The number of sulfonamides is 1. The van der Waals surface area contributed by atoms with E-state index in [2.05, 4.69) is 4.72 Å². The number of nitro benzene ring substituents is 1. The lowest BCUT2D eigenvalue weighted by Crippen LogP contribution is -2.51. The van der Waals surface area contributed by atoms with Gasteiger partial charge in [-0.15, -0.1) is 0 Å². The van der Waals surface area contributed by atoms with E-state index >= 15 is 0 Å². The van der Waals surface area contributed by atoms with Crippen LogP contribution in [-0.4, -0.2) is 42.3 Å². The molecule has 0 aliphatic carbocycles. The van der Waals surface area contributed by atoms with Crippen LogP contribution < -0.4 is 4.72 Å². The first-order valence-electron chi connectivity index (χ1n) is 5.66. The molecule has 0 aliphatic rings. The summed E-state index contributed by atoms with van der Waals surface area (Å²) in [5, 5.41) is 28.8. The molecule has 0 saturated heterocycles. The molecule has 9 heteroatoms. The van der Waals surface area contributed by atoms with Crippen LogP contribution in [0, 0.1) is 17.0 Å². The van der Waals surface area contributed by atoms with Crippen molar-refractivity contribution in [2.75, 3.05) is 13.2 Å². The number of rotatable bonds is 6. The molecule has 0 bridgehead atoms. The van der Waals surface area contributed by atoms with Crippen LogP contribution in [0.25, 0.3) is 0 Å². The van der Waals surface area contributed by atoms with Crippen LogP contribution in [0.5, 0.6) is 0 Å². The molecule has 0 aliphatic heterocycles. The molecule has 0 aromatic heterocycles. The van der Waals surface area contributed by atoms with Crippen LogP contribution in [0.1, 0.15) is 12.5 Å². The Morgan fingerprint density at radius 3 is 2.30 bits per heavy atom. The van der Waals surface area contributed by atoms with Gasteiger partial charge in [-0.05, 0) is 25.5 Å². The molecule has 0 fully saturated rings. The van der Waals surface area contributed by atoms with E-state index in [1.54, 1.807) is 0 Å². The van der Waals surface area contributed by atoms with E-state index < -0.39 is 33.7 Å². The van der Waals surface area contributed by atoms with E-state index in [9.17, 15) is 18.5 Å². The zero-order valence-corrected chi connectivity index (χ0v) is 11.8. The molecule has 3 N–H and O–H groups in total. The quantitative estimate of drug-likeness (QED) is 0.498. The first-order valence-corrected chi connectivity index (χ1v) is 7.14. The Balaban J connectivity index is 3.20. The first-order chi connectivity index (χ1) is 9.15. The van der Waals surface area contributed by atoms with E-state index in [-0.39, 0.29) is 16.1 Å². The number of aliphatic hydroxyl groups excluding tert-OH is 2. The molecule has 112 valence electrons. The maximum atomic E-state index is 12.2. The molecular weight excluding hydrogens is 288 g/mol. The van der Waals surface area contributed by atoms with Crippen molar-refractivity contribution in [2.24, 2.45) is 0 Å². The standard InChI is InChI=1S/C11H16N2O6S/c1-8-5-9(13(16)17)3-4-10(8)20(18,19)12-11(2,6-14)7-15/h3-5,12,14-15H,6-7H2,1-2H3. The van der Waals surface area contributed by atoms with Gasteiger partial charge in [0.05, 0.1) is 28.6 Å². The topological polar surface area (TPSA) is 130 Å². The van der Waals surface area contributed by atoms with Crippen molar-refractivity contribution in [1.29, 1.82) is 0 Å². The van der Waals surface area contributed by atoms with Crippen molar-refractivity contribution >= 4 is 15.7 Å². The summed E-state index contributed by atoms with van der Waals surface area (Å²) in [5.74, 6) is 0. The van der Waals surface area contributed by atoms with Crippen LogP contribution >= 0.6 is 0 Å². The van der Waals surface area contributed by atoms with Crippen molar-refractivity contribution < 1.29 is 23.6 Å². The van der Waals surface area contributed by atoms with Gasteiger partial charge in [-0.25, -0.2) is 13.1 Å². The molecule has 0 unspecified atom stereocenters. The fourth-order valence-electron chi connectivity index (χ4n) is 1.54. The molecule has 0 saturated carbocycles. The smallest absolute Gasteiger partial charge is 0.269 e. The predicted molar refractivity (Wildman–Crippen MR) is 70.7 cm³/mol. The van der Waals surface area contributed by atoms with Crippen LogP contribution in [0.2, 0.25) is 0 Å². The predicted octanol–water partition coefficient (Wildman–Crippen LogP) is -0.0752. The summed E-state index contributed by atoms with van der Waals surface area (Å²) in [5.41, 5.74) is -1.42. The number of aliphatic hydroxyl groups is 2. The lowest BCUT2D eigenvalue weighted by Gasteiger charge is -2.26. The number of nitro groups is 1. The Morgan fingerprint density at radius 1 is 1.35 bits per heavy atom. The average Bonchev–Trinajstić information content (AvgIpc) is 2.37. The summed E-state index contributed by atoms with van der Waals surface area (Å²) in [4.78, 5) is 9.84. The highest BCUT2D eigenvalue weighted by Crippen LogP contribution is 2.22. The zero-order chi connectivity index (χ0) is 15.6. The molecule has 0 heterocycles. The van der Waals surface area contributed by atoms with Crippen molar-refractivity contribution in [3.8, 4) is 0 Å². The van der Waals surface area contributed by atoms with Crippen molar-refractivity contribution in [2.45, 2.75) is 24.3 Å². The minimum Gasteiger partial charge on any atom is -0.394 e. The van der Waals surface area contributed by atoms with Gasteiger partial charge in [-0.2, -0.15) is 0 Å². The molecule has 0 spiro atoms. The Kier molecular flexibility index (Phi) is 4.81. The highest BCUT2D eigenvalue weighted by Gasteiger charge is 2.30.